The molecule has 31 heavy (non-hydrogen) atoms. The van der Waals surface area contributed by atoms with Gasteiger partial charge in [-0.25, -0.2) is 0 Å². The average molecular weight is 423 g/mol. The molecule has 0 aromatic heterocycles. The molecule has 1 aliphatic heterocycles. The van der Waals surface area contributed by atoms with Gasteiger partial charge in [-0.1, -0.05) is 51.1 Å². The van der Waals surface area contributed by atoms with E-state index in [1.807, 2.05) is 20.8 Å². The zero-order valence-electron chi connectivity index (χ0n) is 19.1. The van der Waals surface area contributed by atoms with Crippen LogP contribution in [0.25, 0.3) is 0 Å². The quantitative estimate of drug-likeness (QED) is 0.749. The Bertz CT molecular complexity index is 894. The van der Waals surface area contributed by atoms with Crippen molar-refractivity contribution in [3.05, 3.63) is 65.2 Å². The molecule has 6 nitrogen and oxygen atoms in total. The number of carbonyl (C=O) groups is 2. The third-order valence-corrected chi connectivity index (χ3v) is 5.54. The molecule has 1 saturated heterocycles. The molecule has 0 bridgehead atoms. The van der Waals surface area contributed by atoms with E-state index in [4.69, 9.17) is 0 Å². The molecule has 2 aromatic rings. The summed E-state index contributed by atoms with van der Waals surface area (Å²) in [7, 11) is 2.17. The van der Waals surface area contributed by atoms with Gasteiger partial charge in [0.25, 0.3) is 5.91 Å². The van der Waals surface area contributed by atoms with Crippen LogP contribution in [0.15, 0.2) is 48.5 Å². The number of hydrogen-bond acceptors (Lipinski definition) is 4. The molecule has 0 atom stereocenters. The topological polar surface area (TPSA) is 64.7 Å². The van der Waals surface area contributed by atoms with Crippen LogP contribution in [0.3, 0.4) is 0 Å². The molecule has 0 spiro atoms. The lowest BCUT2D eigenvalue weighted by Gasteiger charge is -2.32. The summed E-state index contributed by atoms with van der Waals surface area (Å²) in [5, 5.41) is 5.83. The summed E-state index contributed by atoms with van der Waals surface area (Å²) >= 11 is 0. The van der Waals surface area contributed by atoms with Gasteiger partial charge in [0, 0.05) is 55.9 Å². The second-order valence-electron chi connectivity index (χ2n) is 9.36. The molecule has 0 unspecified atom stereocenters. The Hall–Kier alpha value is -2.70. The van der Waals surface area contributed by atoms with Gasteiger partial charge in [-0.3, -0.25) is 14.5 Å². The van der Waals surface area contributed by atoms with E-state index in [0.29, 0.717) is 17.8 Å². The Morgan fingerprint density at radius 2 is 1.58 bits per heavy atom. The number of nitrogens with one attached hydrogen (secondary N) is 2. The minimum absolute atomic E-state index is 0.0817. The van der Waals surface area contributed by atoms with Crippen molar-refractivity contribution in [3.63, 3.8) is 0 Å². The molecular weight excluding hydrogens is 388 g/mol. The van der Waals surface area contributed by atoms with Crippen molar-refractivity contribution in [2.75, 3.05) is 38.5 Å². The van der Waals surface area contributed by atoms with Crippen molar-refractivity contribution in [3.8, 4) is 0 Å². The molecule has 1 aliphatic rings. The number of nitrogens with zero attached hydrogens (tertiary/aromatic N) is 2. The molecular formula is C25H34N4O2. The summed E-state index contributed by atoms with van der Waals surface area (Å²) < 4.78 is 0. The molecule has 3 rings (SSSR count). The highest BCUT2D eigenvalue weighted by atomic mass is 16.2. The van der Waals surface area contributed by atoms with Gasteiger partial charge in [0.1, 0.15) is 0 Å². The molecule has 0 aliphatic carbocycles. The summed E-state index contributed by atoms with van der Waals surface area (Å²) in [6.45, 7) is 11.4. The summed E-state index contributed by atoms with van der Waals surface area (Å²) in [5.74, 6) is -0.241. The molecule has 6 heteroatoms. The Labute approximate surface area is 185 Å². The second kappa shape index (κ2) is 10.1. The van der Waals surface area contributed by atoms with Crippen molar-refractivity contribution in [2.24, 2.45) is 5.41 Å². The molecule has 0 radical (unpaired) electrons. The fourth-order valence-corrected chi connectivity index (χ4v) is 3.37. The van der Waals surface area contributed by atoms with Gasteiger partial charge >= 0.3 is 0 Å². The van der Waals surface area contributed by atoms with Crippen LogP contribution < -0.4 is 10.6 Å². The molecule has 1 fully saturated rings. The fraction of sp³-hybridized carbons (Fsp3) is 0.440. The predicted octanol–water partition coefficient (Wildman–Crippen LogP) is 3.35. The Morgan fingerprint density at radius 1 is 0.935 bits per heavy atom. The zero-order chi connectivity index (χ0) is 22.4. The van der Waals surface area contributed by atoms with Crippen LogP contribution in [-0.2, 0) is 17.9 Å². The van der Waals surface area contributed by atoms with Crippen LogP contribution in [0.5, 0.6) is 0 Å². The molecule has 2 N–H and O–H groups in total. The van der Waals surface area contributed by atoms with E-state index in [1.165, 1.54) is 5.56 Å². The van der Waals surface area contributed by atoms with Gasteiger partial charge in [-0.2, -0.15) is 0 Å². The fourth-order valence-electron chi connectivity index (χ4n) is 3.37. The van der Waals surface area contributed by atoms with Crippen molar-refractivity contribution < 1.29 is 9.59 Å². The lowest BCUT2D eigenvalue weighted by molar-refractivity contribution is -0.123. The van der Waals surface area contributed by atoms with E-state index >= 15 is 0 Å². The van der Waals surface area contributed by atoms with Crippen LogP contribution in [0, 0.1) is 5.41 Å². The van der Waals surface area contributed by atoms with E-state index in [2.05, 4.69) is 51.7 Å². The lowest BCUT2D eigenvalue weighted by Crippen LogP contribution is -2.43. The number of anilines is 1. The number of rotatable bonds is 6. The molecule has 2 aromatic carbocycles. The smallest absolute Gasteiger partial charge is 0.251 e. The highest BCUT2D eigenvalue weighted by Gasteiger charge is 2.21. The first kappa shape index (κ1) is 23.0. The normalized spacial score (nSPS) is 15.5. The molecule has 1 heterocycles. The Balaban J connectivity index is 1.51. The SMILES string of the molecule is CN1CCN(Cc2ccc(CNC(=O)c3cccc(NC(=O)C(C)(C)C)c3)cc2)CC1. The molecule has 2 amide bonds. The van der Waals surface area contributed by atoms with Gasteiger partial charge in [0.15, 0.2) is 0 Å². The Morgan fingerprint density at radius 3 is 2.23 bits per heavy atom. The first-order chi connectivity index (χ1) is 14.7. The van der Waals surface area contributed by atoms with Gasteiger partial charge < -0.3 is 15.5 Å². The van der Waals surface area contributed by atoms with Crippen molar-refractivity contribution in [2.45, 2.75) is 33.9 Å². The maximum atomic E-state index is 12.6. The van der Waals surface area contributed by atoms with Gasteiger partial charge in [0.05, 0.1) is 0 Å². The second-order valence-corrected chi connectivity index (χ2v) is 9.36. The van der Waals surface area contributed by atoms with Crippen LogP contribution >= 0.6 is 0 Å². The summed E-state index contributed by atoms with van der Waals surface area (Å²) in [6, 6.07) is 15.5. The van der Waals surface area contributed by atoms with Gasteiger partial charge in [-0.05, 0) is 36.4 Å². The van der Waals surface area contributed by atoms with E-state index in [1.54, 1.807) is 24.3 Å². The van der Waals surface area contributed by atoms with Crippen LogP contribution in [0.1, 0.15) is 42.3 Å². The molecule has 166 valence electrons. The summed E-state index contributed by atoms with van der Waals surface area (Å²) in [5.41, 5.74) is 3.02. The number of hydrogen-bond donors (Lipinski definition) is 2. The number of amides is 2. The monoisotopic (exact) mass is 422 g/mol. The summed E-state index contributed by atoms with van der Waals surface area (Å²) in [6.07, 6.45) is 0. The molecule has 0 saturated carbocycles. The lowest BCUT2D eigenvalue weighted by atomic mass is 9.95. The first-order valence-electron chi connectivity index (χ1n) is 10.9. The maximum Gasteiger partial charge on any atom is 0.251 e. The van der Waals surface area contributed by atoms with Crippen LogP contribution in [0.4, 0.5) is 5.69 Å². The van der Waals surface area contributed by atoms with Crippen molar-refractivity contribution in [1.82, 2.24) is 15.1 Å². The Kier molecular flexibility index (Phi) is 7.46. The third-order valence-electron chi connectivity index (χ3n) is 5.54. The highest BCUT2D eigenvalue weighted by Crippen LogP contribution is 2.18. The van der Waals surface area contributed by atoms with Crippen LogP contribution in [-0.4, -0.2) is 54.8 Å². The van der Waals surface area contributed by atoms with Gasteiger partial charge in [0.2, 0.25) is 5.91 Å². The predicted molar refractivity (Wildman–Crippen MR) is 125 cm³/mol. The average Bonchev–Trinajstić information content (AvgIpc) is 2.74. The van der Waals surface area contributed by atoms with Crippen molar-refractivity contribution >= 4 is 17.5 Å². The number of benzene rings is 2. The zero-order valence-corrected chi connectivity index (χ0v) is 19.1. The number of carbonyl (C=O) groups excluding carboxylic acids is 2. The maximum absolute atomic E-state index is 12.6. The largest absolute Gasteiger partial charge is 0.348 e. The third kappa shape index (κ3) is 6.91. The standard InChI is InChI=1S/C25H34N4O2/c1-25(2,3)24(31)27-22-7-5-6-21(16-22)23(30)26-17-19-8-10-20(11-9-19)18-29-14-12-28(4)13-15-29/h5-11,16H,12-15,17-18H2,1-4H3,(H,26,30)(H,27,31). The van der Waals surface area contributed by atoms with Crippen LogP contribution in [0.2, 0.25) is 0 Å². The van der Waals surface area contributed by atoms with E-state index in [-0.39, 0.29) is 11.8 Å². The van der Waals surface area contributed by atoms with Crippen molar-refractivity contribution in [1.29, 1.82) is 0 Å². The number of likely N-dealkylation sites (N-methyl/N-ethyl adjacent to an activating group) is 1. The van der Waals surface area contributed by atoms with Gasteiger partial charge in [-0.15, -0.1) is 0 Å². The number of piperazine rings is 1. The first-order valence-corrected chi connectivity index (χ1v) is 10.9. The van der Waals surface area contributed by atoms with E-state index < -0.39 is 5.41 Å². The minimum Gasteiger partial charge on any atom is -0.348 e. The van der Waals surface area contributed by atoms with E-state index in [0.717, 1.165) is 38.3 Å². The minimum atomic E-state index is -0.491. The van der Waals surface area contributed by atoms with E-state index in [9.17, 15) is 9.59 Å². The summed E-state index contributed by atoms with van der Waals surface area (Å²) in [4.78, 5) is 29.6. The highest BCUT2D eigenvalue weighted by molar-refractivity contribution is 5.98.